The number of nitrogens with zero attached hydrogens (tertiary/aromatic N) is 3. The van der Waals surface area contributed by atoms with Crippen molar-refractivity contribution in [2.45, 2.75) is 48.0 Å². The molecule has 1 atom stereocenters. The first kappa shape index (κ1) is 35.2. The van der Waals surface area contributed by atoms with Crippen LogP contribution in [0.2, 0.25) is 0 Å². The highest BCUT2D eigenvalue weighted by atomic mass is 32.2. The average molecular weight is 696 g/mol. The molecule has 3 aromatic carbocycles. The summed E-state index contributed by atoms with van der Waals surface area (Å²) in [6.07, 6.45) is -8.08. The highest BCUT2D eigenvalue weighted by Crippen LogP contribution is 2.40. The summed E-state index contributed by atoms with van der Waals surface area (Å²) < 4.78 is 83.6. The molecule has 47 heavy (non-hydrogen) atoms. The largest absolute Gasteiger partial charge is 0.416 e. The lowest BCUT2D eigenvalue weighted by Crippen LogP contribution is -2.43. The Morgan fingerprint density at radius 3 is 2.21 bits per heavy atom. The van der Waals surface area contributed by atoms with Crippen molar-refractivity contribution in [1.29, 1.82) is 0 Å². The number of likely N-dealkylation sites (tertiary alicyclic amines) is 1. The van der Waals surface area contributed by atoms with Gasteiger partial charge in [0.15, 0.2) is 0 Å². The van der Waals surface area contributed by atoms with Crippen molar-refractivity contribution < 1.29 is 36.3 Å². The van der Waals surface area contributed by atoms with E-state index >= 15 is 0 Å². The summed E-state index contributed by atoms with van der Waals surface area (Å²) in [5.74, 6) is -0.253. The maximum Gasteiger partial charge on any atom is 0.416 e. The first-order chi connectivity index (χ1) is 22.3. The van der Waals surface area contributed by atoms with Gasteiger partial charge in [0, 0.05) is 28.6 Å². The van der Waals surface area contributed by atoms with E-state index in [1.165, 1.54) is 7.11 Å². The molecule has 0 radical (unpaired) electrons. The van der Waals surface area contributed by atoms with Crippen LogP contribution in [0.15, 0.2) is 88.2 Å². The van der Waals surface area contributed by atoms with E-state index in [1.807, 2.05) is 54.6 Å². The van der Waals surface area contributed by atoms with Crippen LogP contribution >= 0.6 is 23.3 Å². The topological polar surface area (TPSA) is 48.3 Å². The Kier molecular flexibility index (Phi) is 10.9. The monoisotopic (exact) mass is 695 g/mol. The number of hydrogen-bond donors (Lipinski definition) is 1. The van der Waals surface area contributed by atoms with Crippen molar-refractivity contribution in [1.82, 2.24) is 9.21 Å². The predicted octanol–water partition coefficient (Wildman–Crippen LogP) is 9.04. The second-order valence-electron chi connectivity index (χ2n) is 11.7. The smallest absolute Gasteiger partial charge is 0.399 e. The number of fused-ring (bicyclic) bond motifs is 1. The number of oxime groups is 1. The summed E-state index contributed by atoms with van der Waals surface area (Å²) in [5.41, 5.74) is -1.10. The zero-order valence-corrected chi connectivity index (χ0v) is 27.4. The van der Waals surface area contributed by atoms with Gasteiger partial charge in [0.2, 0.25) is 0 Å². The van der Waals surface area contributed by atoms with Crippen molar-refractivity contribution in [3.05, 3.63) is 100 Å². The van der Waals surface area contributed by atoms with Crippen molar-refractivity contribution in [3.63, 3.8) is 0 Å². The summed E-state index contributed by atoms with van der Waals surface area (Å²) in [6, 6.07) is 19.2. The van der Waals surface area contributed by atoms with Crippen LogP contribution in [-0.2, 0) is 22.8 Å². The van der Waals surface area contributed by atoms with E-state index in [9.17, 15) is 31.4 Å². The van der Waals surface area contributed by atoms with Gasteiger partial charge in [0.05, 0.1) is 29.0 Å². The van der Waals surface area contributed by atoms with Gasteiger partial charge in [-0.3, -0.25) is 0 Å². The second kappa shape index (κ2) is 14.6. The van der Waals surface area contributed by atoms with E-state index in [0.717, 1.165) is 45.3 Å². The van der Waals surface area contributed by atoms with Crippen molar-refractivity contribution in [2.75, 3.05) is 40.3 Å². The summed E-state index contributed by atoms with van der Waals surface area (Å²) in [7, 11) is 3.01. The molecule has 1 N–H and O–H groups in total. The fourth-order valence-electron chi connectivity index (χ4n) is 6.00. The standard InChI is InChI=1S/C34H35F6N3O2S2/c1-42(47-26-19-24(33(35,36)37)18-25(20-26)34(38,39)40)21-30(41-45-2)27(29-22-46-31-11-7-6-10-28(29)31)12-15-43-16-13-32(44,14-17-43)23-8-4-3-5-9-23/h3-11,18-20,22,27,44H,12-17,21H2,1-2H3/b41-30+. The van der Waals surface area contributed by atoms with E-state index < -0.39 is 29.1 Å². The quantitative estimate of drug-likeness (QED) is 0.0735. The number of rotatable bonds is 11. The van der Waals surface area contributed by atoms with Crippen LogP contribution in [-0.4, -0.2) is 60.4 Å². The third kappa shape index (κ3) is 8.69. The van der Waals surface area contributed by atoms with E-state index in [0.29, 0.717) is 44.6 Å². The van der Waals surface area contributed by atoms with Crippen LogP contribution in [0.4, 0.5) is 26.3 Å². The molecule has 1 saturated heterocycles. The highest BCUT2D eigenvalue weighted by Gasteiger charge is 2.38. The van der Waals surface area contributed by atoms with E-state index in [-0.39, 0.29) is 23.4 Å². The second-order valence-corrected chi connectivity index (χ2v) is 13.8. The molecule has 0 bridgehead atoms. The fourth-order valence-corrected chi connectivity index (χ4v) is 7.94. The molecule has 0 amide bonds. The van der Waals surface area contributed by atoms with E-state index in [1.54, 1.807) is 22.7 Å². The van der Waals surface area contributed by atoms with Gasteiger partial charge in [-0.25, -0.2) is 4.31 Å². The van der Waals surface area contributed by atoms with Crippen molar-refractivity contribution in [3.8, 4) is 0 Å². The number of aliphatic hydroxyl groups is 1. The van der Waals surface area contributed by atoms with Crippen LogP contribution in [0, 0.1) is 0 Å². The molecule has 1 aromatic heterocycles. The molecular formula is C34H35F6N3O2S2. The van der Waals surface area contributed by atoms with Crippen molar-refractivity contribution >= 4 is 39.1 Å². The molecule has 2 heterocycles. The Morgan fingerprint density at radius 1 is 0.979 bits per heavy atom. The predicted molar refractivity (Wildman–Crippen MR) is 175 cm³/mol. The van der Waals surface area contributed by atoms with Gasteiger partial charge < -0.3 is 14.8 Å². The number of thiophene rings is 1. The molecular weight excluding hydrogens is 661 g/mol. The lowest BCUT2D eigenvalue weighted by Gasteiger charge is -2.39. The van der Waals surface area contributed by atoms with Gasteiger partial charge in [-0.05, 0) is 91.0 Å². The molecule has 252 valence electrons. The van der Waals surface area contributed by atoms with Gasteiger partial charge in [0.25, 0.3) is 0 Å². The van der Waals surface area contributed by atoms with Crippen molar-refractivity contribution in [2.24, 2.45) is 5.16 Å². The zero-order valence-electron chi connectivity index (χ0n) is 25.8. The van der Waals surface area contributed by atoms with Gasteiger partial charge in [0.1, 0.15) is 7.11 Å². The highest BCUT2D eigenvalue weighted by molar-refractivity contribution is 7.97. The number of alkyl halides is 6. The van der Waals surface area contributed by atoms with Gasteiger partial charge in [-0.2, -0.15) is 26.3 Å². The minimum atomic E-state index is -4.94. The molecule has 1 fully saturated rings. The zero-order chi connectivity index (χ0) is 33.8. The third-order valence-corrected chi connectivity index (χ3v) is 10.3. The Bertz CT molecular complexity index is 1640. The Hall–Kier alpha value is -3.10. The molecule has 0 saturated carbocycles. The lowest BCUT2D eigenvalue weighted by molar-refractivity contribution is -0.143. The molecule has 5 rings (SSSR count). The molecule has 0 spiro atoms. The maximum absolute atomic E-state index is 13.5. The van der Waals surface area contributed by atoms with Crippen LogP contribution in [0.5, 0.6) is 0 Å². The number of benzene rings is 3. The lowest BCUT2D eigenvalue weighted by atomic mass is 9.84. The molecule has 13 heteroatoms. The number of halogens is 6. The van der Waals surface area contributed by atoms with Gasteiger partial charge >= 0.3 is 12.4 Å². The van der Waals surface area contributed by atoms with E-state index in [2.05, 4.69) is 15.4 Å². The fraction of sp³-hybridized carbons (Fsp3) is 0.382. The molecule has 1 unspecified atom stereocenters. The molecule has 5 nitrogen and oxygen atoms in total. The Balaban J connectivity index is 1.36. The SMILES string of the molecule is CO/N=C(\CN(C)Sc1cc(C(F)(F)F)cc(C(F)(F)F)c1)C(CCN1CCC(O)(c2ccccc2)CC1)c1csc2ccccc12. The van der Waals surface area contributed by atoms with Gasteiger partial charge in [-0.15, -0.1) is 11.3 Å². The molecule has 0 aliphatic carbocycles. The summed E-state index contributed by atoms with van der Waals surface area (Å²) >= 11 is 2.37. The summed E-state index contributed by atoms with van der Waals surface area (Å²) in [6.45, 7) is 2.17. The molecule has 1 aliphatic heterocycles. The minimum Gasteiger partial charge on any atom is -0.399 e. The van der Waals surface area contributed by atoms with Crippen LogP contribution in [0.25, 0.3) is 10.1 Å². The van der Waals surface area contributed by atoms with E-state index in [4.69, 9.17) is 4.84 Å². The Labute approximate surface area is 277 Å². The number of piperidine rings is 1. The first-order valence-electron chi connectivity index (χ1n) is 15.0. The van der Waals surface area contributed by atoms with Crippen LogP contribution < -0.4 is 0 Å². The molecule has 4 aromatic rings. The minimum absolute atomic E-state index is 0.110. The third-order valence-electron chi connectivity index (χ3n) is 8.43. The first-order valence-corrected chi connectivity index (χ1v) is 16.7. The normalized spacial score (nSPS) is 16.9. The summed E-state index contributed by atoms with van der Waals surface area (Å²) in [5, 5.41) is 18.8. The average Bonchev–Trinajstić information content (AvgIpc) is 3.45. The summed E-state index contributed by atoms with van der Waals surface area (Å²) in [4.78, 5) is 7.36. The Morgan fingerprint density at radius 2 is 1.60 bits per heavy atom. The number of hydrogen-bond acceptors (Lipinski definition) is 7. The molecule has 1 aliphatic rings. The van der Waals surface area contributed by atoms with Crippen LogP contribution in [0.3, 0.4) is 0 Å². The maximum atomic E-state index is 13.5. The van der Waals surface area contributed by atoms with Crippen LogP contribution in [0.1, 0.15) is 47.4 Å². The van der Waals surface area contributed by atoms with Gasteiger partial charge in [-0.1, -0.05) is 53.7 Å².